The van der Waals surface area contributed by atoms with Crippen LogP contribution in [-0.4, -0.2) is 25.0 Å². The summed E-state index contributed by atoms with van der Waals surface area (Å²) < 4.78 is 83.5. The van der Waals surface area contributed by atoms with Crippen molar-refractivity contribution in [3.63, 3.8) is 0 Å². The number of fused-ring (bicyclic) bond motifs is 1. The van der Waals surface area contributed by atoms with Gasteiger partial charge in [0.1, 0.15) is 5.75 Å². The second-order valence-corrected chi connectivity index (χ2v) is 7.62. The van der Waals surface area contributed by atoms with E-state index < -0.39 is 35.0 Å². The van der Waals surface area contributed by atoms with E-state index in [1.54, 1.807) is 0 Å². The number of nitrogens with zero attached hydrogens (tertiary/aromatic N) is 1. The molecule has 172 valence electrons. The fraction of sp³-hybridized carbons (Fsp3) is 0.333. The summed E-state index contributed by atoms with van der Waals surface area (Å²) in [6.07, 6.45) is -10.1. The maximum atomic E-state index is 13.0. The van der Waals surface area contributed by atoms with E-state index in [0.29, 0.717) is 24.4 Å². The normalized spacial score (nSPS) is 14.3. The Morgan fingerprint density at radius 3 is 2.16 bits per heavy atom. The highest BCUT2D eigenvalue weighted by molar-refractivity contribution is 6.05. The van der Waals surface area contributed by atoms with Crippen LogP contribution in [0.15, 0.2) is 36.4 Å². The molecule has 0 saturated carbocycles. The molecule has 0 saturated heterocycles. The van der Waals surface area contributed by atoms with Crippen LogP contribution in [-0.2, 0) is 17.1 Å². The molecule has 0 spiro atoms. The maximum Gasteiger partial charge on any atom is 0.416 e. The van der Waals surface area contributed by atoms with Gasteiger partial charge in [0, 0.05) is 23.9 Å². The lowest BCUT2D eigenvalue weighted by Crippen LogP contribution is -2.40. The lowest BCUT2D eigenvalue weighted by Gasteiger charge is -2.31. The van der Waals surface area contributed by atoms with Crippen molar-refractivity contribution in [2.75, 3.05) is 23.4 Å². The van der Waals surface area contributed by atoms with E-state index in [1.807, 2.05) is 13.8 Å². The van der Waals surface area contributed by atoms with E-state index in [0.717, 1.165) is 0 Å². The van der Waals surface area contributed by atoms with Crippen LogP contribution in [0.4, 0.5) is 37.7 Å². The highest BCUT2D eigenvalue weighted by Gasteiger charge is 2.37. The van der Waals surface area contributed by atoms with Gasteiger partial charge in [-0.25, -0.2) is 0 Å². The van der Waals surface area contributed by atoms with Crippen molar-refractivity contribution in [3.05, 3.63) is 53.1 Å². The first-order chi connectivity index (χ1) is 14.8. The predicted octanol–water partition coefficient (Wildman–Crippen LogP) is 5.36. The van der Waals surface area contributed by atoms with E-state index in [4.69, 9.17) is 4.74 Å². The molecule has 2 aromatic carbocycles. The molecule has 2 aromatic rings. The second-order valence-electron chi connectivity index (χ2n) is 7.62. The smallest absolute Gasteiger partial charge is 0.416 e. The molecule has 1 N–H and O–H groups in total. The number of alkyl halides is 6. The average molecular weight is 460 g/mol. The van der Waals surface area contributed by atoms with Crippen molar-refractivity contribution in [3.8, 4) is 5.75 Å². The number of hydrogen-bond donors (Lipinski definition) is 1. The predicted molar refractivity (Wildman–Crippen MR) is 104 cm³/mol. The van der Waals surface area contributed by atoms with Crippen molar-refractivity contribution < 1.29 is 40.7 Å². The third kappa shape index (κ3) is 5.14. The zero-order valence-electron chi connectivity index (χ0n) is 16.9. The summed E-state index contributed by atoms with van der Waals surface area (Å²) in [5, 5.41) is 2.28. The monoisotopic (exact) mass is 460 g/mol. The van der Waals surface area contributed by atoms with Crippen LogP contribution in [0.25, 0.3) is 0 Å². The molecule has 1 aliphatic heterocycles. The number of ether oxygens (including phenoxy) is 1. The van der Waals surface area contributed by atoms with E-state index in [1.165, 1.54) is 23.1 Å². The van der Waals surface area contributed by atoms with Crippen LogP contribution in [0, 0.1) is 5.92 Å². The molecule has 1 heterocycles. The number of carbonyl (C=O) groups is 2. The SMILES string of the molecule is CC(C)CN1C(=O)COc2cc(NC(=O)c3cc(C(F)(F)F)cc(C(F)(F)F)c3)ccc21. The van der Waals surface area contributed by atoms with Crippen molar-refractivity contribution in [2.45, 2.75) is 26.2 Å². The lowest BCUT2D eigenvalue weighted by atomic mass is 10.0. The first-order valence-corrected chi connectivity index (χ1v) is 9.43. The largest absolute Gasteiger partial charge is 0.481 e. The Kier molecular flexibility index (Phi) is 6.12. The molecule has 2 amide bonds. The molecule has 5 nitrogen and oxygen atoms in total. The van der Waals surface area contributed by atoms with Gasteiger partial charge in [0.2, 0.25) is 0 Å². The zero-order chi connectivity index (χ0) is 23.8. The molecule has 0 radical (unpaired) electrons. The second kappa shape index (κ2) is 8.36. The van der Waals surface area contributed by atoms with Crippen LogP contribution in [0.3, 0.4) is 0 Å². The van der Waals surface area contributed by atoms with E-state index in [2.05, 4.69) is 5.32 Å². The van der Waals surface area contributed by atoms with E-state index in [-0.39, 0.29) is 35.9 Å². The van der Waals surface area contributed by atoms with Gasteiger partial charge in [-0.2, -0.15) is 26.3 Å². The molecule has 3 rings (SSSR count). The lowest BCUT2D eigenvalue weighted by molar-refractivity contribution is -0.143. The number of halogens is 6. The summed E-state index contributed by atoms with van der Waals surface area (Å²) in [4.78, 5) is 26.1. The van der Waals surface area contributed by atoms with Gasteiger partial charge in [-0.05, 0) is 36.2 Å². The van der Waals surface area contributed by atoms with Gasteiger partial charge in [-0.3, -0.25) is 9.59 Å². The van der Waals surface area contributed by atoms with Crippen molar-refractivity contribution >= 4 is 23.2 Å². The number of amides is 2. The first kappa shape index (κ1) is 23.4. The van der Waals surface area contributed by atoms with Gasteiger partial charge in [0.25, 0.3) is 11.8 Å². The van der Waals surface area contributed by atoms with Gasteiger partial charge in [-0.15, -0.1) is 0 Å². The van der Waals surface area contributed by atoms with Gasteiger partial charge >= 0.3 is 12.4 Å². The standard InChI is InChI=1S/C21H18F6N2O3/c1-11(2)9-29-16-4-3-15(8-17(16)32-10-18(29)30)28-19(31)12-5-13(20(22,23)24)7-14(6-12)21(25,26)27/h3-8,11H,9-10H2,1-2H3,(H,28,31). The quantitative estimate of drug-likeness (QED) is 0.626. The van der Waals surface area contributed by atoms with E-state index >= 15 is 0 Å². The van der Waals surface area contributed by atoms with E-state index in [9.17, 15) is 35.9 Å². The van der Waals surface area contributed by atoms with Crippen LogP contribution in [0.1, 0.15) is 35.3 Å². The highest BCUT2D eigenvalue weighted by Crippen LogP contribution is 2.37. The number of nitrogens with one attached hydrogen (secondary N) is 1. The Morgan fingerprint density at radius 1 is 1.03 bits per heavy atom. The fourth-order valence-corrected chi connectivity index (χ4v) is 3.14. The first-order valence-electron chi connectivity index (χ1n) is 9.43. The summed E-state index contributed by atoms with van der Waals surface area (Å²) in [7, 11) is 0. The third-order valence-corrected chi connectivity index (χ3v) is 4.56. The molecule has 0 bridgehead atoms. The fourth-order valence-electron chi connectivity index (χ4n) is 3.14. The Hall–Kier alpha value is -3.24. The zero-order valence-corrected chi connectivity index (χ0v) is 16.9. The van der Waals surface area contributed by atoms with Crippen molar-refractivity contribution in [1.29, 1.82) is 0 Å². The van der Waals surface area contributed by atoms with Crippen molar-refractivity contribution in [2.24, 2.45) is 5.92 Å². The third-order valence-electron chi connectivity index (χ3n) is 4.56. The Morgan fingerprint density at radius 2 is 1.62 bits per heavy atom. The molecule has 0 aromatic heterocycles. The molecule has 0 unspecified atom stereocenters. The summed E-state index contributed by atoms with van der Waals surface area (Å²) >= 11 is 0. The molecule has 1 aliphatic rings. The number of anilines is 2. The number of hydrogen-bond acceptors (Lipinski definition) is 3. The minimum absolute atomic E-state index is 0.0517. The van der Waals surface area contributed by atoms with Gasteiger partial charge in [0.05, 0.1) is 16.8 Å². The van der Waals surface area contributed by atoms with Crippen molar-refractivity contribution in [1.82, 2.24) is 0 Å². The molecule has 0 fully saturated rings. The van der Waals surface area contributed by atoms with Crippen LogP contribution in [0.5, 0.6) is 5.75 Å². The van der Waals surface area contributed by atoms with Gasteiger partial charge < -0.3 is 15.0 Å². The van der Waals surface area contributed by atoms with Crippen LogP contribution < -0.4 is 15.0 Å². The number of rotatable bonds is 4. The summed E-state index contributed by atoms with van der Waals surface area (Å²) in [6.45, 7) is 4.02. The molecule has 32 heavy (non-hydrogen) atoms. The maximum absolute atomic E-state index is 13.0. The Bertz CT molecular complexity index is 1010. The minimum Gasteiger partial charge on any atom is -0.481 e. The number of benzene rings is 2. The molecular formula is C21H18F6N2O3. The Labute approximate surface area is 179 Å². The summed E-state index contributed by atoms with van der Waals surface area (Å²) in [6, 6.07) is 4.86. The van der Waals surface area contributed by atoms with Crippen LogP contribution in [0.2, 0.25) is 0 Å². The van der Waals surface area contributed by atoms with Crippen LogP contribution >= 0.6 is 0 Å². The topological polar surface area (TPSA) is 58.6 Å². The minimum atomic E-state index is -5.07. The average Bonchev–Trinajstić information content (AvgIpc) is 2.68. The molecule has 0 atom stereocenters. The van der Waals surface area contributed by atoms with Gasteiger partial charge in [0.15, 0.2) is 6.61 Å². The molecule has 0 aliphatic carbocycles. The Balaban J connectivity index is 1.90. The summed E-state index contributed by atoms with van der Waals surface area (Å²) in [5.74, 6) is -1.00. The number of carbonyl (C=O) groups excluding carboxylic acids is 2. The molecule has 11 heteroatoms. The highest BCUT2D eigenvalue weighted by atomic mass is 19.4. The summed E-state index contributed by atoms with van der Waals surface area (Å²) in [5.41, 5.74) is -3.45. The molecular weight excluding hydrogens is 442 g/mol. The van der Waals surface area contributed by atoms with Gasteiger partial charge in [-0.1, -0.05) is 13.8 Å².